The van der Waals surface area contributed by atoms with Gasteiger partial charge in [-0.2, -0.15) is 0 Å². The number of allylic oxidation sites excluding steroid dienone is 3. The average molecular weight is 537 g/mol. The van der Waals surface area contributed by atoms with Gasteiger partial charge in [0.15, 0.2) is 9.84 Å². The van der Waals surface area contributed by atoms with Crippen LogP contribution >= 0.6 is 0 Å². The van der Waals surface area contributed by atoms with Crippen molar-refractivity contribution >= 4 is 9.84 Å². The molecule has 2 aromatic heterocycles. The molecule has 1 N–H and O–H groups in total. The zero-order valence-corrected chi connectivity index (χ0v) is 22.9. The molecule has 38 heavy (non-hydrogen) atoms. The second kappa shape index (κ2) is 15.1. The normalized spacial score (nSPS) is 11.9. The minimum absolute atomic E-state index is 0.0388. The number of aryl methyl sites for hydroxylation is 1. The number of nitrogens with zero attached hydrogens (tertiary/aromatic N) is 2. The summed E-state index contributed by atoms with van der Waals surface area (Å²) < 4.78 is 37.0. The van der Waals surface area contributed by atoms with Gasteiger partial charge in [-0.1, -0.05) is 42.5 Å². The summed E-state index contributed by atoms with van der Waals surface area (Å²) >= 11 is 0. The van der Waals surface area contributed by atoms with Gasteiger partial charge in [0, 0.05) is 29.2 Å². The molecule has 3 aromatic rings. The Morgan fingerprint density at radius 2 is 1.26 bits per heavy atom. The van der Waals surface area contributed by atoms with Crippen molar-refractivity contribution in [2.45, 2.75) is 49.2 Å². The Bertz CT molecular complexity index is 1320. The lowest BCUT2D eigenvalue weighted by molar-refractivity contribution is 0.342. The molecule has 0 atom stereocenters. The molecule has 0 aliphatic heterocycles. The van der Waals surface area contributed by atoms with E-state index >= 15 is 0 Å². The number of rotatable bonds is 15. The average Bonchev–Trinajstić information content (AvgIpc) is 2.94. The largest absolute Gasteiger partial charge is 0.496 e. The molecule has 7 nitrogen and oxygen atoms in total. The predicted molar refractivity (Wildman–Crippen MR) is 149 cm³/mol. The summed E-state index contributed by atoms with van der Waals surface area (Å²) in [6, 6.07) is 12.1. The lowest BCUT2D eigenvalue weighted by Crippen LogP contribution is -2.10. The van der Waals surface area contributed by atoms with Gasteiger partial charge >= 0.3 is 0 Å². The van der Waals surface area contributed by atoms with Crippen LogP contribution in [0.4, 0.5) is 0 Å². The van der Waals surface area contributed by atoms with E-state index in [-0.39, 0.29) is 17.3 Å². The maximum absolute atomic E-state index is 13.0. The fourth-order valence-electron chi connectivity index (χ4n) is 4.28. The van der Waals surface area contributed by atoms with Crippen molar-refractivity contribution in [3.63, 3.8) is 0 Å². The molecule has 0 saturated carbocycles. The van der Waals surface area contributed by atoms with E-state index in [4.69, 9.17) is 14.6 Å². The van der Waals surface area contributed by atoms with Gasteiger partial charge in [0.25, 0.3) is 0 Å². The maximum Gasteiger partial charge on any atom is 0.184 e. The van der Waals surface area contributed by atoms with E-state index in [0.29, 0.717) is 17.9 Å². The van der Waals surface area contributed by atoms with E-state index in [9.17, 15) is 8.42 Å². The van der Waals surface area contributed by atoms with Gasteiger partial charge < -0.3 is 14.6 Å². The highest BCUT2D eigenvalue weighted by atomic mass is 32.2. The highest BCUT2D eigenvalue weighted by Gasteiger charge is 2.20. The molecule has 0 amide bonds. The number of sulfone groups is 1. The zero-order chi connectivity index (χ0) is 27.2. The van der Waals surface area contributed by atoms with E-state index in [0.717, 1.165) is 54.7 Å². The first-order valence-corrected chi connectivity index (χ1v) is 14.4. The predicted octanol–water partition coefficient (Wildman–Crippen LogP) is 5.07. The van der Waals surface area contributed by atoms with Crippen LogP contribution in [-0.2, 0) is 34.9 Å². The van der Waals surface area contributed by atoms with Crippen LogP contribution in [0.15, 0.2) is 84.1 Å². The summed E-state index contributed by atoms with van der Waals surface area (Å²) in [6.45, 7) is 0.0388. The van der Waals surface area contributed by atoms with Crippen LogP contribution in [0.1, 0.15) is 41.8 Å². The molecule has 0 aliphatic rings. The first kappa shape index (κ1) is 29.1. The van der Waals surface area contributed by atoms with Gasteiger partial charge in [-0.25, -0.2) is 8.42 Å². The summed E-state index contributed by atoms with van der Waals surface area (Å²) in [6.07, 6.45) is 15.8. The number of aromatic nitrogens is 2. The Hall–Kier alpha value is -3.49. The number of aliphatic hydroxyl groups is 1. The van der Waals surface area contributed by atoms with Gasteiger partial charge in [-0.05, 0) is 62.8 Å². The van der Waals surface area contributed by atoms with Crippen LogP contribution in [0.25, 0.3) is 0 Å². The molecule has 0 aliphatic carbocycles. The lowest BCUT2D eigenvalue weighted by Gasteiger charge is -2.13. The van der Waals surface area contributed by atoms with Gasteiger partial charge in [0.2, 0.25) is 0 Å². The molecule has 202 valence electrons. The molecular formula is C30H36N2O5S. The van der Waals surface area contributed by atoms with Crippen molar-refractivity contribution in [3.8, 4) is 11.5 Å². The van der Waals surface area contributed by atoms with Gasteiger partial charge in [-0.15, -0.1) is 0 Å². The Morgan fingerprint density at radius 3 is 1.84 bits per heavy atom. The number of aliphatic hydroxyl groups excluding tert-OH is 1. The van der Waals surface area contributed by atoms with Crippen molar-refractivity contribution in [3.05, 3.63) is 102 Å². The number of pyridine rings is 2. The Balaban J connectivity index is 1.63. The fourth-order valence-corrected chi connectivity index (χ4v) is 5.63. The smallest absolute Gasteiger partial charge is 0.184 e. The fraction of sp³-hybridized carbons (Fsp3) is 0.333. The van der Waals surface area contributed by atoms with Crippen molar-refractivity contribution in [2.24, 2.45) is 0 Å². The SMILES string of the molecule is COc1ccnc(CC/C=C\CCc2c(OC)ccnc2CS(=O)(=O)c2ccccc2)c1CC/C=C\CO. The molecule has 3 rings (SSSR count). The highest BCUT2D eigenvalue weighted by Crippen LogP contribution is 2.26. The van der Waals surface area contributed by atoms with E-state index in [1.54, 1.807) is 69.1 Å². The maximum atomic E-state index is 13.0. The second-order valence-corrected chi connectivity index (χ2v) is 10.7. The molecule has 0 spiro atoms. The molecule has 2 heterocycles. The molecule has 0 bridgehead atoms. The van der Waals surface area contributed by atoms with E-state index < -0.39 is 9.84 Å². The van der Waals surface area contributed by atoms with E-state index in [1.165, 1.54) is 0 Å². The third-order valence-electron chi connectivity index (χ3n) is 6.18. The Labute approximate surface area is 225 Å². The third-order valence-corrected chi connectivity index (χ3v) is 7.83. The van der Waals surface area contributed by atoms with Gasteiger partial charge in [0.05, 0.1) is 37.2 Å². The quantitative estimate of drug-likeness (QED) is 0.271. The monoisotopic (exact) mass is 536 g/mol. The van der Waals surface area contributed by atoms with Crippen LogP contribution < -0.4 is 9.47 Å². The summed E-state index contributed by atoms with van der Waals surface area (Å²) in [5.41, 5.74) is 3.43. The molecular weight excluding hydrogens is 500 g/mol. The minimum Gasteiger partial charge on any atom is -0.496 e. The standard InChI is InChI=1S/C30H36N2O5S/c1-36-29-18-20-31-27(25(29)15-10-6-12-22-33)17-11-4-3-9-16-26-28(32-21-19-30(26)37-2)23-38(34,35)24-13-7-5-8-14-24/h3-8,12-14,18-21,33H,9-11,15-17,22-23H2,1-2H3/b4-3-,12-6-. The Morgan fingerprint density at radius 1 is 0.737 bits per heavy atom. The van der Waals surface area contributed by atoms with Crippen molar-refractivity contribution in [1.29, 1.82) is 0 Å². The topological polar surface area (TPSA) is 98.6 Å². The lowest BCUT2D eigenvalue weighted by atomic mass is 10.0. The number of benzene rings is 1. The Kier molecular flexibility index (Phi) is 11.5. The number of methoxy groups -OCH3 is 2. The van der Waals surface area contributed by atoms with E-state index in [2.05, 4.69) is 22.1 Å². The van der Waals surface area contributed by atoms with Crippen molar-refractivity contribution in [2.75, 3.05) is 20.8 Å². The second-order valence-electron chi connectivity index (χ2n) is 8.69. The third kappa shape index (κ3) is 8.26. The molecule has 1 aromatic carbocycles. The van der Waals surface area contributed by atoms with Crippen LogP contribution in [0, 0.1) is 0 Å². The van der Waals surface area contributed by atoms with Crippen LogP contribution in [0.3, 0.4) is 0 Å². The summed E-state index contributed by atoms with van der Waals surface area (Å²) in [4.78, 5) is 9.25. The minimum atomic E-state index is -3.52. The summed E-state index contributed by atoms with van der Waals surface area (Å²) in [5, 5.41) is 8.95. The van der Waals surface area contributed by atoms with Gasteiger partial charge in [0.1, 0.15) is 11.5 Å². The van der Waals surface area contributed by atoms with Crippen LogP contribution in [0.2, 0.25) is 0 Å². The number of hydrogen-bond donors (Lipinski definition) is 1. The molecule has 0 radical (unpaired) electrons. The van der Waals surface area contributed by atoms with Gasteiger partial charge in [-0.3, -0.25) is 9.97 Å². The summed E-state index contributed by atoms with van der Waals surface area (Å²) in [5.74, 6) is 1.30. The summed E-state index contributed by atoms with van der Waals surface area (Å²) in [7, 11) is -0.270. The number of hydrogen-bond acceptors (Lipinski definition) is 7. The van der Waals surface area contributed by atoms with Crippen LogP contribution in [0.5, 0.6) is 11.5 Å². The van der Waals surface area contributed by atoms with Crippen molar-refractivity contribution < 1.29 is 23.0 Å². The molecule has 0 unspecified atom stereocenters. The molecule has 0 saturated heterocycles. The van der Waals surface area contributed by atoms with Crippen LogP contribution in [-0.4, -0.2) is 44.3 Å². The molecule has 0 fully saturated rings. The van der Waals surface area contributed by atoms with Crippen molar-refractivity contribution in [1.82, 2.24) is 9.97 Å². The highest BCUT2D eigenvalue weighted by molar-refractivity contribution is 7.90. The zero-order valence-electron chi connectivity index (χ0n) is 22.0. The number of ether oxygens (including phenoxy) is 2. The van der Waals surface area contributed by atoms with E-state index in [1.807, 2.05) is 12.1 Å². The first-order chi connectivity index (χ1) is 18.5. The molecule has 8 heteroatoms. The first-order valence-electron chi connectivity index (χ1n) is 12.7.